The zero-order valence-corrected chi connectivity index (χ0v) is 26.3. The highest BCUT2D eigenvalue weighted by Gasteiger charge is 2.15. The minimum Gasteiger partial charge on any atom is -0.357 e. The zero-order chi connectivity index (χ0) is 25.3. The Hall–Kier alpha value is 0.480. The average Bonchev–Trinajstić information content (AvgIpc) is 2.84. The van der Waals surface area contributed by atoms with Crippen LogP contribution in [0.5, 0.6) is 0 Å². The summed E-state index contributed by atoms with van der Waals surface area (Å²) in [4.78, 5) is 4.88. The van der Waals surface area contributed by atoms with Gasteiger partial charge in [-0.25, -0.2) is 0 Å². The summed E-state index contributed by atoms with van der Waals surface area (Å²) in [5.41, 5.74) is 0. The maximum Gasteiger partial charge on any atom is 0.147 e. The lowest BCUT2D eigenvalue weighted by Crippen LogP contribution is -2.31. The van der Waals surface area contributed by atoms with Crippen molar-refractivity contribution in [2.24, 2.45) is 0 Å². The third kappa shape index (κ3) is 20.7. The first-order valence-electron chi connectivity index (χ1n) is 14.5. The van der Waals surface area contributed by atoms with Crippen LogP contribution in [0.3, 0.4) is 0 Å². The number of hydrogen-bond donors (Lipinski definition) is 0. The van der Waals surface area contributed by atoms with Crippen LogP contribution in [0.1, 0.15) is 143 Å². The summed E-state index contributed by atoms with van der Waals surface area (Å²) in [5.74, 6) is 0. The Morgan fingerprint density at radius 2 is 0.676 bits per heavy atom. The quantitative estimate of drug-likeness (QED) is 0.0748. The van der Waals surface area contributed by atoms with Crippen LogP contribution in [-0.4, -0.2) is 44.6 Å². The van der Waals surface area contributed by atoms with E-state index >= 15 is 0 Å². The molecule has 0 heterocycles. The van der Waals surface area contributed by atoms with Gasteiger partial charge in [-0.15, -0.1) is 0 Å². The van der Waals surface area contributed by atoms with Crippen molar-refractivity contribution in [2.45, 2.75) is 143 Å². The third-order valence-electron chi connectivity index (χ3n) is 6.33. The Labute approximate surface area is 232 Å². The van der Waals surface area contributed by atoms with Crippen LogP contribution in [0.4, 0.5) is 0 Å². The van der Waals surface area contributed by atoms with Crippen LogP contribution in [0.25, 0.3) is 0 Å². The molecule has 0 saturated carbocycles. The van der Waals surface area contributed by atoms with E-state index in [0.29, 0.717) is 0 Å². The molecule has 0 atom stereocenters. The molecule has 0 aromatic carbocycles. The second-order valence-corrected chi connectivity index (χ2v) is 13.0. The van der Waals surface area contributed by atoms with Crippen molar-refractivity contribution in [1.29, 1.82) is 0 Å². The summed E-state index contributed by atoms with van der Waals surface area (Å²) in [5, 5.41) is 0. The van der Waals surface area contributed by atoms with Gasteiger partial charge in [0, 0.05) is 26.2 Å². The van der Waals surface area contributed by atoms with Crippen molar-refractivity contribution in [3.8, 4) is 0 Å². The Bertz CT molecular complexity index is 447. The predicted molar refractivity (Wildman–Crippen MR) is 169 cm³/mol. The van der Waals surface area contributed by atoms with Gasteiger partial charge in [0.25, 0.3) is 0 Å². The molecule has 0 bridgehead atoms. The number of unbranched alkanes of at least 4 members (excludes halogenated alkanes) is 14. The van der Waals surface area contributed by atoms with Crippen molar-refractivity contribution in [1.82, 2.24) is 9.80 Å². The fourth-order valence-corrected chi connectivity index (χ4v) is 6.74. The lowest BCUT2D eigenvalue weighted by Gasteiger charge is -2.27. The monoisotopic (exact) mass is 548 g/mol. The zero-order valence-electron chi connectivity index (χ0n) is 23.1. The second kappa shape index (κ2) is 26.5. The van der Waals surface area contributed by atoms with Gasteiger partial charge in [0.1, 0.15) is 8.64 Å². The van der Waals surface area contributed by atoms with Gasteiger partial charge in [0.05, 0.1) is 0 Å². The van der Waals surface area contributed by atoms with Gasteiger partial charge in [-0.05, 0) is 47.3 Å². The van der Waals surface area contributed by atoms with E-state index in [0.717, 1.165) is 34.8 Å². The van der Waals surface area contributed by atoms with Crippen molar-refractivity contribution in [3.63, 3.8) is 0 Å². The highest BCUT2D eigenvalue weighted by atomic mass is 33.1. The predicted octanol–water partition coefficient (Wildman–Crippen LogP) is 10.6. The first kappa shape index (κ1) is 34.5. The molecule has 2 nitrogen and oxygen atoms in total. The lowest BCUT2D eigenvalue weighted by atomic mass is 10.1. The van der Waals surface area contributed by atoms with Gasteiger partial charge < -0.3 is 9.80 Å². The normalized spacial score (nSPS) is 11.1. The van der Waals surface area contributed by atoms with Crippen molar-refractivity contribution in [2.75, 3.05) is 26.2 Å². The van der Waals surface area contributed by atoms with Crippen molar-refractivity contribution < 1.29 is 0 Å². The molecule has 0 spiro atoms. The average molecular weight is 549 g/mol. The number of thiocarbonyl (C=S) groups is 2. The van der Waals surface area contributed by atoms with Gasteiger partial charge in [-0.2, -0.15) is 0 Å². The molecule has 0 radical (unpaired) electrons. The molecule has 202 valence electrons. The standard InChI is InChI=1S/C28H56N2S4/c1-5-9-13-15-17-19-21-25-30(26-22-20-18-16-14-10-6-2)28(32)34-33-27(31)29(23-11-7-3)24-12-8-4/h5-26H2,1-4H3. The van der Waals surface area contributed by atoms with E-state index in [1.807, 2.05) is 0 Å². The van der Waals surface area contributed by atoms with E-state index in [1.165, 1.54) is 116 Å². The minimum absolute atomic E-state index is 1.01. The summed E-state index contributed by atoms with van der Waals surface area (Å²) < 4.78 is 2.05. The molecule has 0 saturated heterocycles. The minimum atomic E-state index is 1.01. The summed E-state index contributed by atoms with van der Waals surface area (Å²) in [6.45, 7) is 13.5. The van der Waals surface area contributed by atoms with Gasteiger partial charge in [0.2, 0.25) is 0 Å². The van der Waals surface area contributed by atoms with E-state index in [2.05, 4.69) is 37.5 Å². The summed E-state index contributed by atoms with van der Waals surface area (Å²) in [7, 11) is 3.45. The molecular formula is C28H56N2S4. The molecule has 0 rings (SSSR count). The Balaban J connectivity index is 4.54. The summed E-state index contributed by atoms with van der Waals surface area (Å²) in [6, 6.07) is 0. The summed E-state index contributed by atoms with van der Waals surface area (Å²) >= 11 is 11.7. The lowest BCUT2D eigenvalue weighted by molar-refractivity contribution is 0.395. The Morgan fingerprint density at radius 3 is 1.00 bits per heavy atom. The maximum absolute atomic E-state index is 5.92. The van der Waals surface area contributed by atoms with Crippen LogP contribution in [0, 0.1) is 0 Å². The molecule has 0 fully saturated rings. The largest absolute Gasteiger partial charge is 0.357 e. The Kier molecular flexibility index (Phi) is 26.9. The van der Waals surface area contributed by atoms with Crippen LogP contribution >= 0.6 is 46.0 Å². The van der Waals surface area contributed by atoms with E-state index in [-0.39, 0.29) is 0 Å². The summed E-state index contributed by atoms with van der Waals surface area (Å²) in [6.07, 6.45) is 23.8. The maximum atomic E-state index is 5.92. The third-order valence-corrected chi connectivity index (χ3v) is 10.1. The van der Waals surface area contributed by atoms with Crippen LogP contribution in [0.15, 0.2) is 0 Å². The fraction of sp³-hybridized carbons (Fsp3) is 0.929. The fourth-order valence-electron chi connectivity index (χ4n) is 3.98. The highest BCUT2D eigenvalue weighted by molar-refractivity contribution is 8.89. The number of rotatable bonds is 22. The molecule has 0 aromatic heterocycles. The van der Waals surface area contributed by atoms with Crippen LogP contribution in [-0.2, 0) is 0 Å². The molecule has 34 heavy (non-hydrogen) atoms. The van der Waals surface area contributed by atoms with Gasteiger partial charge >= 0.3 is 0 Å². The van der Waals surface area contributed by atoms with Crippen molar-refractivity contribution in [3.05, 3.63) is 0 Å². The molecule has 0 N–H and O–H groups in total. The number of hydrogen-bond acceptors (Lipinski definition) is 4. The molecule has 0 aromatic rings. The first-order chi connectivity index (χ1) is 16.6. The van der Waals surface area contributed by atoms with Crippen LogP contribution < -0.4 is 0 Å². The van der Waals surface area contributed by atoms with E-state index in [1.54, 1.807) is 21.6 Å². The Morgan fingerprint density at radius 1 is 0.412 bits per heavy atom. The SMILES string of the molecule is CCCCCCCCCN(CCCCCCCCC)C(=S)SSC(=S)N(CCCC)CCCC. The molecule has 0 aliphatic heterocycles. The van der Waals surface area contributed by atoms with E-state index < -0.39 is 0 Å². The van der Waals surface area contributed by atoms with E-state index in [4.69, 9.17) is 24.4 Å². The highest BCUT2D eigenvalue weighted by Crippen LogP contribution is 2.29. The molecule has 0 aliphatic rings. The molecule has 0 amide bonds. The second-order valence-electron chi connectivity index (χ2n) is 9.62. The molecule has 0 aliphatic carbocycles. The van der Waals surface area contributed by atoms with Gasteiger partial charge in [-0.3, -0.25) is 0 Å². The molecule has 0 unspecified atom stereocenters. The molecule has 6 heteroatoms. The van der Waals surface area contributed by atoms with Gasteiger partial charge in [-0.1, -0.05) is 142 Å². The smallest absolute Gasteiger partial charge is 0.147 e. The topological polar surface area (TPSA) is 6.48 Å². The molecular weight excluding hydrogens is 493 g/mol. The van der Waals surface area contributed by atoms with Crippen LogP contribution in [0.2, 0.25) is 0 Å². The van der Waals surface area contributed by atoms with Crippen molar-refractivity contribution >= 4 is 54.7 Å². The first-order valence-corrected chi connectivity index (χ1v) is 17.5. The number of nitrogens with zero attached hydrogens (tertiary/aromatic N) is 2. The van der Waals surface area contributed by atoms with Gasteiger partial charge in [0.15, 0.2) is 0 Å². The van der Waals surface area contributed by atoms with E-state index in [9.17, 15) is 0 Å².